The molecule has 20 heavy (non-hydrogen) atoms. The molecule has 0 aliphatic rings. The smallest absolute Gasteiger partial charge is 0.127 e. The van der Waals surface area contributed by atoms with Gasteiger partial charge in [-0.2, -0.15) is 0 Å². The molecule has 102 valence electrons. The molecule has 0 saturated carbocycles. The molecule has 0 heterocycles. The van der Waals surface area contributed by atoms with Crippen LogP contribution in [0.1, 0.15) is 6.92 Å². The van der Waals surface area contributed by atoms with Crippen LogP contribution in [0.3, 0.4) is 0 Å². The fourth-order valence-corrected chi connectivity index (χ4v) is 1.58. The van der Waals surface area contributed by atoms with E-state index in [-0.39, 0.29) is 0 Å². The highest BCUT2D eigenvalue weighted by atomic mass is 16.5. The van der Waals surface area contributed by atoms with E-state index in [1.807, 2.05) is 67.6 Å². The Bertz CT molecular complexity index is 568. The predicted molar refractivity (Wildman–Crippen MR) is 82.4 cm³/mol. The topological polar surface area (TPSA) is 18.5 Å². The van der Waals surface area contributed by atoms with Crippen LogP contribution in [0.4, 0.5) is 0 Å². The molecule has 0 bridgehead atoms. The lowest BCUT2D eigenvalue weighted by molar-refractivity contribution is 0.361. The highest BCUT2D eigenvalue weighted by Crippen LogP contribution is 2.23. The molecule has 2 rings (SSSR count). The summed E-state index contributed by atoms with van der Waals surface area (Å²) in [6, 6.07) is 17.3. The lowest BCUT2D eigenvalue weighted by atomic mass is 10.3. The number of hydrogen-bond acceptors (Lipinski definition) is 2. The van der Waals surface area contributed by atoms with Crippen molar-refractivity contribution in [2.45, 2.75) is 6.92 Å². The van der Waals surface area contributed by atoms with Crippen molar-refractivity contribution in [2.75, 3.05) is 6.61 Å². The molecule has 0 saturated heterocycles. The van der Waals surface area contributed by atoms with E-state index in [0.717, 1.165) is 22.8 Å². The molecule has 0 radical (unpaired) electrons. The number of para-hydroxylation sites is 1. The van der Waals surface area contributed by atoms with Crippen LogP contribution in [-0.4, -0.2) is 6.61 Å². The number of rotatable bonds is 6. The molecule has 0 spiro atoms. The molecular weight excluding hydrogens is 248 g/mol. The third kappa shape index (κ3) is 4.32. The lowest BCUT2D eigenvalue weighted by Crippen LogP contribution is -1.94. The summed E-state index contributed by atoms with van der Waals surface area (Å²) in [5.74, 6) is 2.44. The maximum atomic E-state index is 5.71. The van der Waals surface area contributed by atoms with Crippen molar-refractivity contribution in [3.05, 3.63) is 78.9 Å². The van der Waals surface area contributed by atoms with Crippen LogP contribution in [0.2, 0.25) is 0 Å². The van der Waals surface area contributed by atoms with Crippen molar-refractivity contribution in [3.63, 3.8) is 0 Å². The van der Waals surface area contributed by atoms with Gasteiger partial charge in [0.15, 0.2) is 0 Å². The van der Waals surface area contributed by atoms with Gasteiger partial charge in [0.1, 0.15) is 23.9 Å². The average Bonchev–Trinajstić information content (AvgIpc) is 2.50. The van der Waals surface area contributed by atoms with Gasteiger partial charge in [-0.15, -0.1) is 0 Å². The minimum atomic E-state index is 0.538. The van der Waals surface area contributed by atoms with Gasteiger partial charge in [-0.1, -0.05) is 36.4 Å². The van der Waals surface area contributed by atoms with Crippen molar-refractivity contribution in [1.29, 1.82) is 0 Å². The van der Waals surface area contributed by atoms with E-state index in [0.29, 0.717) is 6.61 Å². The summed E-state index contributed by atoms with van der Waals surface area (Å²) in [4.78, 5) is 0. The Kier molecular flexibility index (Phi) is 5.01. The van der Waals surface area contributed by atoms with Crippen molar-refractivity contribution in [2.24, 2.45) is 0 Å². The first-order valence-corrected chi connectivity index (χ1v) is 6.53. The quantitative estimate of drug-likeness (QED) is 0.686. The van der Waals surface area contributed by atoms with Crippen LogP contribution in [-0.2, 0) is 0 Å². The van der Waals surface area contributed by atoms with Gasteiger partial charge in [0.25, 0.3) is 0 Å². The normalized spacial score (nSPS) is 10.9. The first-order valence-electron chi connectivity index (χ1n) is 6.53. The molecule has 0 aliphatic heterocycles. The number of hydrogen-bond donors (Lipinski definition) is 0. The first kappa shape index (κ1) is 13.9. The molecule has 0 aromatic heterocycles. The van der Waals surface area contributed by atoms with Crippen LogP contribution in [0.25, 0.3) is 0 Å². The maximum Gasteiger partial charge on any atom is 0.127 e. The molecule has 0 atom stereocenters. The lowest BCUT2D eigenvalue weighted by Gasteiger charge is -2.07. The van der Waals surface area contributed by atoms with Crippen LogP contribution in [0.5, 0.6) is 17.2 Å². The summed E-state index contributed by atoms with van der Waals surface area (Å²) in [7, 11) is 0. The molecule has 0 aliphatic carbocycles. The van der Waals surface area contributed by atoms with Gasteiger partial charge < -0.3 is 9.47 Å². The summed E-state index contributed by atoms with van der Waals surface area (Å²) >= 11 is 0. The van der Waals surface area contributed by atoms with Gasteiger partial charge in [0, 0.05) is 0 Å². The molecule has 2 heteroatoms. The third-order valence-corrected chi connectivity index (χ3v) is 2.78. The highest BCUT2D eigenvalue weighted by Gasteiger charge is 1.97. The van der Waals surface area contributed by atoms with Gasteiger partial charge in [0.05, 0.1) is 0 Å². The van der Waals surface area contributed by atoms with Gasteiger partial charge in [0.2, 0.25) is 0 Å². The maximum absolute atomic E-state index is 5.71. The van der Waals surface area contributed by atoms with E-state index in [9.17, 15) is 0 Å². The summed E-state index contributed by atoms with van der Waals surface area (Å²) in [5, 5.41) is 0. The Hall–Kier alpha value is -2.48. The molecule has 2 aromatic rings. The summed E-state index contributed by atoms with van der Waals surface area (Å²) in [6.45, 7) is 6.23. The fourth-order valence-electron chi connectivity index (χ4n) is 1.58. The molecule has 2 aromatic carbocycles. The zero-order valence-electron chi connectivity index (χ0n) is 11.6. The molecule has 0 unspecified atom stereocenters. The predicted octanol–water partition coefficient (Wildman–Crippen LogP) is 4.99. The second kappa shape index (κ2) is 7.19. The van der Waals surface area contributed by atoms with Crippen LogP contribution < -0.4 is 9.47 Å². The van der Waals surface area contributed by atoms with E-state index in [4.69, 9.17) is 9.47 Å². The van der Waals surface area contributed by atoms with Crippen LogP contribution >= 0.6 is 0 Å². The van der Waals surface area contributed by atoms with Crippen LogP contribution in [0, 0.1) is 0 Å². The van der Waals surface area contributed by atoms with Crippen molar-refractivity contribution in [3.8, 4) is 17.2 Å². The minimum Gasteiger partial charge on any atom is -0.490 e. The van der Waals surface area contributed by atoms with E-state index >= 15 is 0 Å². The zero-order valence-corrected chi connectivity index (χ0v) is 11.6. The van der Waals surface area contributed by atoms with Crippen molar-refractivity contribution < 1.29 is 9.47 Å². The largest absolute Gasteiger partial charge is 0.490 e. The van der Waals surface area contributed by atoms with Gasteiger partial charge in [-0.25, -0.2) is 0 Å². The van der Waals surface area contributed by atoms with E-state index in [1.54, 1.807) is 6.08 Å². The Labute approximate surface area is 120 Å². The highest BCUT2D eigenvalue weighted by molar-refractivity contribution is 5.35. The van der Waals surface area contributed by atoms with E-state index in [1.165, 1.54) is 0 Å². The number of allylic oxidation sites excluding steroid dienone is 2. The fraction of sp³-hybridized carbons (Fsp3) is 0.111. The van der Waals surface area contributed by atoms with Crippen LogP contribution in [0.15, 0.2) is 78.9 Å². The van der Waals surface area contributed by atoms with E-state index < -0.39 is 0 Å². The average molecular weight is 266 g/mol. The number of ether oxygens (including phenoxy) is 2. The Morgan fingerprint density at radius 3 is 2.20 bits per heavy atom. The summed E-state index contributed by atoms with van der Waals surface area (Å²) < 4.78 is 11.3. The van der Waals surface area contributed by atoms with E-state index in [2.05, 4.69) is 6.58 Å². The Morgan fingerprint density at radius 1 is 0.950 bits per heavy atom. The second-order valence-electron chi connectivity index (χ2n) is 4.35. The summed E-state index contributed by atoms with van der Waals surface area (Å²) in [5.41, 5.74) is 1.11. The van der Waals surface area contributed by atoms with Crippen molar-refractivity contribution in [1.82, 2.24) is 0 Å². The third-order valence-electron chi connectivity index (χ3n) is 2.78. The molecule has 2 nitrogen and oxygen atoms in total. The molecular formula is C18H18O2. The Balaban J connectivity index is 1.91. The number of benzene rings is 2. The van der Waals surface area contributed by atoms with Gasteiger partial charge in [-0.05, 0) is 49.4 Å². The first-order chi connectivity index (χ1) is 9.78. The SMILES string of the molecule is C=CC(C)=CCOc1ccc(Oc2ccccc2)cc1. The molecule has 0 amide bonds. The summed E-state index contributed by atoms with van der Waals surface area (Å²) in [6.07, 6.45) is 3.79. The monoisotopic (exact) mass is 266 g/mol. The Morgan fingerprint density at radius 2 is 1.55 bits per heavy atom. The second-order valence-corrected chi connectivity index (χ2v) is 4.35. The van der Waals surface area contributed by atoms with Crippen molar-refractivity contribution >= 4 is 0 Å². The molecule has 0 N–H and O–H groups in total. The van der Waals surface area contributed by atoms with Gasteiger partial charge >= 0.3 is 0 Å². The standard InChI is InChI=1S/C18H18O2/c1-3-15(2)13-14-19-16-9-11-18(12-10-16)20-17-7-5-4-6-8-17/h3-13H,1,14H2,2H3. The zero-order chi connectivity index (χ0) is 14.2. The minimum absolute atomic E-state index is 0.538. The van der Waals surface area contributed by atoms with Gasteiger partial charge in [-0.3, -0.25) is 0 Å². The molecule has 0 fully saturated rings.